The monoisotopic (exact) mass is 518 g/mol. The van der Waals surface area contributed by atoms with E-state index in [2.05, 4.69) is 27.3 Å². The standard InChI is InChI=1S/C24H25F3N6O2S/c1-3-13-36-23-29-10-12-32(23)11-4-9-28-22(34)18-15-30-33-20(24(25,26)27)14-19(31-21(18)33)16-5-7-17(35-2)8-6-16/h5-8,10,12,14-15H,3-4,9,11,13H2,1-2H3,(H,28,34). The number of rotatable bonds is 10. The lowest BCUT2D eigenvalue weighted by Gasteiger charge is -2.12. The number of alkyl halides is 3. The third kappa shape index (κ3) is 5.64. The summed E-state index contributed by atoms with van der Waals surface area (Å²) in [6, 6.07) is 7.40. The van der Waals surface area contributed by atoms with E-state index in [9.17, 15) is 18.0 Å². The van der Waals surface area contributed by atoms with Crippen molar-refractivity contribution in [2.24, 2.45) is 0 Å². The van der Waals surface area contributed by atoms with E-state index in [4.69, 9.17) is 4.74 Å². The second kappa shape index (κ2) is 11.0. The molecule has 1 aromatic carbocycles. The van der Waals surface area contributed by atoms with E-state index in [0.29, 0.717) is 35.3 Å². The van der Waals surface area contributed by atoms with E-state index in [1.54, 1.807) is 42.2 Å². The van der Waals surface area contributed by atoms with E-state index in [1.165, 1.54) is 7.11 Å². The minimum absolute atomic E-state index is 0.0299. The minimum atomic E-state index is -4.69. The molecule has 8 nitrogen and oxygen atoms in total. The number of nitrogens with zero attached hydrogens (tertiary/aromatic N) is 5. The number of carbonyl (C=O) groups is 1. The summed E-state index contributed by atoms with van der Waals surface area (Å²) in [5.41, 5.74) is -0.689. The van der Waals surface area contributed by atoms with Crippen molar-refractivity contribution >= 4 is 23.3 Å². The Kier molecular flexibility index (Phi) is 7.82. The number of imidazole rings is 1. The molecule has 0 saturated heterocycles. The summed E-state index contributed by atoms with van der Waals surface area (Å²) in [4.78, 5) is 21.5. The van der Waals surface area contributed by atoms with Crippen LogP contribution in [0.4, 0.5) is 13.2 Å². The molecule has 0 unspecified atom stereocenters. The van der Waals surface area contributed by atoms with Crippen LogP contribution in [0.5, 0.6) is 5.75 Å². The van der Waals surface area contributed by atoms with Crippen molar-refractivity contribution in [2.45, 2.75) is 37.6 Å². The number of ether oxygens (including phenoxy) is 1. The van der Waals surface area contributed by atoms with Crippen LogP contribution < -0.4 is 10.1 Å². The number of hydrogen-bond acceptors (Lipinski definition) is 6. The molecule has 3 aromatic heterocycles. The van der Waals surface area contributed by atoms with Gasteiger partial charge in [-0.2, -0.15) is 18.3 Å². The van der Waals surface area contributed by atoms with Crippen molar-refractivity contribution in [1.82, 2.24) is 29.5 Å². The summed E-state index contributed by atoms with van der Waals surface area (Å²) >= 11 is 1.67. The molecular weight excluding hydrogens is 493 g/mol. The van der Waals surface area contributed by atoms with Crippen LogP contribution in [0.25, 0.3) is 16.9 Å². The van der Waals surface area contributed by atoms with Crippen LogP contribution in [0, 0.1) is 0 Å². The van der Waals surface area contributed by atoms with E-state index < -0.39 is 17.8 Å². The Hall–Kier alpha value is -3.54. The second-order valence-electron chi connectivity index (χ2n) is 7.91. The Morgan fingerprint density at radius 1 is 1.22 bits per heavy atom. The highest BCUT2D eigenvalue weighted by Crippen LogP contribution is 2.33. The third-order valence-electron chi connectivity index (χ3n) is 5.37. The number of thioether (sulfide) groups is 1. The second-order valence-corrected chi connectivity index (χ2v) is 8.97. The molecule has 1 amide bonds. The molecular formula is C24H25F3N6O2S. The molecule has 4 rings (SSSR count). The van der Waals surface area contributed by atoms with Crippen LogP contribution in [0.1, 0.15) is 35.8 Å². The lowest BCUT2D eigenvalue weighted by atomic mass is 10.1. The fraction of sp³-hybridized carbons (Fsp3) is 0.333. The van der Waals surface area contributed by atoms with Crippen LogP contribution >= 0.6 is 11.8 Å². The Bertz CT molecular complexity index is 1330. The first-order chi connectivity index (χ1) is 17.3. The van der Waals surface area contributed by atoms with Crippen molar-refractivity contribution in [3.8, 4) is 17.0 Å². The fourth-order valence-electron chi connectivity index (χ4n) is 3.58. The first-order valence-corrected chi connectivity index (χ1v) is 12.3. The molecule has 12 heteroatoms. The first kappa shape index (κ1) is 25.5. The molecule has 0 atom stereocenters. The molecule has 0 bridgehead atoms. The van der Waals surface area contributed by atoms with Gasteiger partial charge in [0.1, 0.15) is 11.3 Å². The highest BCUT2D eigenvalue weighted by molar-refractivity contribution is 7.99. The molecule has 0 radical (unpaired) electrons. The van der Waals surface area contributed by atoms with Gasteiger partial charge in [-0.1, -0.05) is 18.7 Å². The summed E-state index contributed by atoms with van der Waals surface area (Å²) in [5.74, 6) is 0.990. The molecule has 4 aromatic rings. The topological polar surface area (TPSA) is 86.3 Å². The van der Waals surface area contributed by atoms with Gasteiger partial charge in [0.2, 0.25) is 0 Å². The fourth-order valence-corrected chi connectivity index (χ4v) is 4.42. The van der Waals surface area contributed by atoms with Gasteiger partial charge >= 0.3 is 6.18 Å². The number of benzene rings is 1. The average Bonchev–Trinajstić information content (AvgIpc) is 3.50. The van der Waals surface area contributed by atoms with Crippen molar-refractivity contribution in [3.05, 3.63) is 60.2 Å². The van der Waals surface area contributed by atoms with Crippen LogP contribution in [0.3, 0.4) is 0 Å². The number of hydrogen-bond donors (Lipinski definition) is 1. The van der Waals surface area contributed by atoms with Gasteiger partial charge in [0.15, 0.2) is 16.5 Å². The van der Waals surface area contributed by atoms with Crippen molar-refractivity contribution < 1.29 is 22.7 Å². The Morgan fingerprint density at radius 2 is 2.00 bits per heavy atom. The number of amides is 1. The normalized spacial score (nSPS) is 11.7. The molecule has 1 N–H and O–H groups in total. The molecule has 0 spiro atoms. The summed E-state index contributed by atoms with van der Waals surface area (Å²) < 4.78 is 49.2. The molecule has 3 heterocycles. The van der Waals surface area contributed by atoms with E-state index in [-0.39, 0.29) is 16.9 Å². The highest BCUT2D eigenvalue weighted by atomic mass is 32.2. The van der Waals surface area contributed by atoms with Crippen molar-refractivity contribution in [1.29, 1.82) is 0 Å². The smallest absolute Gasteiger partial charge is 0.433 e. The first-order valence-electron chi connectivity index (χ1n) is 11.3. The van der Waals surface area contributed by atoms with Gasteiger partial charge in [-0.25, -0.2) is 14.5 Å². The van der Waals surface area contributed by atoms with E-state index in [0.717, 1.165) is 29.6 Å². The Balaban J connectivity index is 1.53. The van der Waals surface area contributed by atoms with E-state index in [1.807, 2.05) is 10.8 Å². The largest absolute Gasteiger partial charge is 0.497 e. The van der Waals surface area contributed by atoms with E-state index >= 15 is 0 Å². The lowest BCUT2D eigenvalue weighted by molar-refractivity contribution is -0.142. The Labute approximate surface area is 209 Å². The molecule has 0 fully saturated rings. The summed E-state index contributed by atoms with van der Waals surface area (Å²) in [7, 11) is 1.50. The van der Waals surface area contributed by atoms with Gasteiger partial charge in [-0.05, 0) is 43.2 Å². The van der Waals surface area contributed by atoms with Gasteiger partial charge in [-0.15, -0.1) is 0 Å². The van der Waals surface area contributed by atoms with Gasteiger partial charge in [-0.3, -0.25) is 4.79 Å². The zero-order valence-corrected chi connectivity index (χ0v) is 20.6. The number of carbonyl (C=O) groups excluding carboxylic acids is 1. The number of aromatic nitrogens is 5. The van der Waals surface area contributed by atoms with Crippen molar-refractivity contribution in [3.63, 3.8) is 0 Å². The van der Waals surface area contributed by atoms with Crippen LogP contribution in [-0.4, -0.2) is 49.5 Å². The minimum Gasteiger partial charge on any atom is -0.497 e. The SMILES string of the molecule is CCCSc1nccn1CCCNC(=O)c1cnn2c(C(F)(F)F)cc(-c3ccc(OC)cc3)nc12. The number of nitrogens with one attached hydrogen (secondary N) is 1. The zero-order valence-electron chi connectivity index (χ0n) is 19.7. The summed E-state index contributed by atoms with van der Waals surface area (Å²) in [5, 5.41) is 7.50. The molecule has 0 saturated carbocycles. The maximum atomic E-state index is 13.8. The van der Waals surface area contributed by atoms with Gasteiger partial charge in [0.05, 0.1) is 19.0 Å². The maximum Gasteiger partial charge on any atom is 0.433 e. The molecule has 0 aliphatic carbocycles. The van der Waals surface area contributed by atoms with Crippen LogP contribution in [-0.2, 0) is 12.7 Å². The third-order valence-corrected chi connectivity index (χ3v) is 6.58. The number of methoxy groups -OCH3 is 1. The Morgan fingerprint density at radius 3 is 2.69 bits per heavy atom. The molecule has 0 aliphatic rings. The quantitative estimate of drug-likeness (QED) is 0.236. The average molecular weight is 519 g/mol. The zero-order chi connectivity index (χ0) is 25.7. The summed E-state index contributed by atoms with van der Waals surface area (Å²) in [6.45, 7) is 3.08. The molecule has 190 valence electrons. The number of halogens is 3. The van der Waals surface area contributed by atoms with Gasteiger partial charge in [0, 0.05) is 36.8 Å². The summed E-state index contributed by atoms with van der Waals surface area (Å²) in [6.07, 6.45) is 1.70. The number of aryl methyl sites for hydroxylation is 1. The van der Waals surface area contributed by atoms with Crippen molar-refractivity contribution in [2.75, 3.05) is 19.4 Å². The molecule has 36 heavy (non-hydrogen) atoms. The lowest BCUT2D eigenvalue weighted by Crippen LogP contribution is -2.25. The van der Waals surface area contributed by atoms with Gasteiger partial charge < -0.3 is 14.6 Å². The van der Waals surface area contributed by atoms with Crippen LogP contribution in [0.2, 0.25) is 0 Å². The predicted octanol–water partition coefficient (Wildman–Crippen LogP) is 4.94. The van der Waals surface area contributed by atoms with Gasteiger partial charge in [0.25, 0.3) is 5.91 Å². The highest BCUT2D eigenvalue weighted by Gasteiger charge is 2.36. The van der Waals surface area contributed by atoms with Crippen LogP contribution in [0.15, 0.2) is 54.1 Å². The number of fused-ring (bicyclic) bond motifs is 1. The molecule has 0 aliphatic heterocycles. The maximum absolute atomic E-state index is 13.8. The predicted molar refractivity (Wildman–Crippen MR) is 130 cm³/mol.